The highest BCUT2D eigenvalue weighted by Gasteiger charge is 2.41. The van der Waals surface area contributed by atoms with Crippen molar-refractivity contribution in [1.82, 2.24) is 15.5 Å². The monoisotopic (exact) mass is 389 g/mol. The highest BCUT2D eigenvalue weighted by molar-refractivity contribution is 5.86. The number of amides is 2. The summed E-state index contributed by atoms with van der Waals surface area (Å²) >= 11 is 0. The normalized spacial score (nSPS) is 20.5. The molecule has 1 heterocycles. The molecular weight excluding hydrogens is 354 g/mol. The zero-order chi connectivity index (χ0) is 20.9. The number of carbonyl (C=O) groups is 2. The van der Waals surface area contributed by atoms with E-state index in [1.165, 1.54) is 5.56 Å². The Hall–Kier alpha value is -1.92. The van der Waals surface area contributed by atoms with Crippen molar-refractivity contribution in [2.75, 3.05) is 19.6 Å². The van der Waals surface area contributed by atoms with Crippen molar-refractivity contribution < 1.29 is 14.7 Å². The number of nitrogens with one attached hydrogen (secondary N) is 2. The number of hydrogen-bond acceptors (Lipinski definition) is 4. The molecule has 0 aliphatic carbocycles. The van der Waals surface area contributed by atoms with Crippen molar-refractivity contribution in [3.05, 3.63) is 35.4 Å². The summed E-state index contributed by atoms with van der Waals surface area (Å²) in [7, 11) is 0. The number of rotatable bonds is 7. The number of aliphatic hydroxyl groups is 1. The molecule has 156 valence electrons. The lowest BCUT2D eigenvalue weighted by molar-refractivity contribution is -0.157. The molecule has 0 bridgehead atoms. The Kier molecular flexibility index (Phi) is 7.23. The van der Waals surface area contributed by atoms with Crippen LogP contribution in [0.3, 0.4) is 0 Å². The van der Waals surface area contributed by atoms with Crippen molar-refractivity contribution in [2.24, 2.45) is 0 Å². The number of benzene rings is 1. The van der Waals surface area contributed by atoms with E-state index >= 15 is 0 Å². The fourth-order valence-corrected chi connectivity index (χ4v) is 3.45. The predicted molar refractivity (Wildman–Crippen MR) is 111 cm³/mol. The van der Waals surface area contributed by atoms with Crippen LogP contribution < -0.4 is 10.6 Å². The van der Waals surface area contributed by atoms with E-state index in [2.05, 4.69) is 36.6 Å². The lowest BCUT2D eigenvalue weighted by Gasteiger charge is -2.38. The molecule has 0 unspecified atom stereocenters. The average molecular weight is 390 g/mol. The predicted octanol–water partition coefficient (Wildman–Crippen LogP) is 2.17. The molecule has 2 rings (SSSR count). The summed E-state index contributed by atoms with van der Waals surface area (Å²) in [6, 6.07) is 8.28. The first-order valence-corrected chi connectivity index (χ1v) is 10.1. The molecular formula is C22H35N3O3. The molecule has 1 saturated heterocycles. The Bertz CT molecular complexity index is 679. The third-order valence-electron chi connectivity index (χ3n) is 4.94. The molecule has 0 saturated carbocycles. The molecule has 1 aromatic carbocycles. The second-order valence-corrected chi connectivity index (χ2v) is 9.16. The van der Waals surface area contributed by atoms with Crippen molar-refractivity contribution in [3.63, 3.8) is 0 Å². The lowest BCUT2D eigenvalue weighted by atomic mass is 9.91. The van der Waals surface area contributed by atoms with Gasteiger partial charge >= 0.3 is 0 Å². The Labute approximate surface area is 168 Å². The third kappa shape index (κ3) is 6.31. The van der Waals surface area contributed by atoms with Crippen LogP contribution in [-0.2, 0) is 16.1 Å². The minimum atomic E-state index is -1.46. The van der Waals surface area contributed by atoms with Gasteiger partial charge in [0.05, 0.1) is 6.54 Å². The summed E-state index contributed by atoms with van der Waals surface area (Å²) in [5.74, 6) is 0.0502. The fraction of sp³-hybridized carbons (Fsp3) is 0.636. The molecule has 2 amide bonds. The summed E-state index contributed by atoms with van der Waals surface area (Å²) in [4.78, 5) is 26.5. The van der Waals surface area contributed by atoms with Crippen LogP contribution in [-0.4, -0.2) is 52.6 Å². The maximum Gasteiger partial charge on any atom is 0.256 e. The molecule has 3 N–H and O–H groups in total. The Morgan fingerprint density at radius 2 is 1.89 bits per heavy atom. The van der Waals surface area contributed by atoms with Gasteiger partial charge in [-0.2, -0.15) is 0 Å². The van der Waals surface area contributed by atoms with Crippen molar-refractivity contribution in [3.8, 4) is 0 Å². The highest BCUT2D eigenvalue weighted by Crippen LogP contribution is 2.24. The van der Waals surface area contributed by atoms with Crippen LogP contribution in [0.4, 0.5) is 0 Å². The summed E-state index contributed by atoms with van der Waals surface area (Å²) in [5.41, 5.74) is 0.554. The van der Waals surface area contributed by atoms with Gasteiger partial charge in [0.25, 0.3) is 5.91 Å². The molecule has 0 radical (unpaired) electrons. The number of carbonyl (C=O) groups excluding carboxylic acids is 2. The van der Waals surface area contributed by atoms with E-state index in [0.29, 0.717) is 25.4 Å². The van der Waals surface area contributed by atoms with Gasteiger partial charge in [-0.15, -0.1) is 0 Å². The van der Waals surface area contributed by atoms with Gasteiger partial charge < -0.3 is 20.6 Å². The van der Waals surface area contributed by atoms with Crippen LogP contribution in [0.2, 0.25) is 0 Å². The summed E-state index contributed by atoms with van der Waals surface area (Å²) in [5, 5.41) is 16.7. The zero-order valence-corrected chi connectivity index (χ0v) is 17.8. The van der Waals surface area contributed by atoms with E-state index in [-0.39, 0.29) is 30.4 Å². The Morgan fingerprint density at radius 3 is 2.46 bits per heavy atom. The smallest absolute Gasteiger partial charge is 0.256 e. The first-order valence-electron chi connectivity index (χ1n) is 10.1. The van der Waals surface area contributed by atoms with E-state index in [1.807, 2.05) is 32.9 Å². The van der Waals surface area contributed by atoms with Gasteiger partial charge in [-0.25, -0.2) is 0 Å². The standard InChI is InChI=1S/C22H35N3O3/c1-16(2)18-9-7-17(8-10-18)14-25-12-6-11-22(28,20(25)27)15-23-13-19(26)24-21(3,4)5/h7-10,16,23,28H,6,11-15H2,1-5H3,(H,24,26)/t22-/m1/s1. The van der Waals surface area contributed by atoms with Crippen molar-refractivity contribution >= 4 is 11.8 Å². The van der Waals surface area contributed by atoms with E-state index in [0.717, 1.165) is 12.0 Å². The maximum atomic E-state index is 12.9. The minimum Gasteiger partial charge on any atom is -0.379 e. The molecule has 0 aromatic heterocycles. The average Bonchev–Trinajstić information content (AvgIpc) is 2.58. The number of likely N-dealkylation sites (tertiary alicyclic amines) is 1. The zero-order valence-electron chi connectivity index (χ0n) is 17.8. The number of nitrogens with zero attached hydrogens (tertiary/aromatic N) is 1. The Morgan fingerprint density at radius 1 is 1.25 bits per heavy atom. The summed E-state index contributed by atoms with van der Waals surface area (Å²) in [6.07, 6.45) is 1.14. The van der Waals surface area contributed by atoms with E-state index in [9.17, 15) is 14.7 Å². The van der Waals surface area contributed by atoms with Gasteiger partial charge in [0.2, 0.25) is 5.91 Å². The second-order valence-electron chi connectivity index (χ2n) is 9.16. The topological polar surface area (TPSA) is 81.7 Å². The molecule has 0 spiro atoms. The van der Waals surface area contributed by atoms with E-state index < -0.39 is 5.60 Å². The quantitative estimate of drug-likeness (QED) is 0.668. The fourth-order valence-electron chi connectivity index (χ4n) is 3.45. The van der Waals surface area contributed by atoms with Gasteiger partial charge in [0.1, 0.15) is 0 Å². The molecule has 6 heteroatoms. The lowest BCUT2D eigenvalue weighted by Crippen LogP contribution is -2.58. The maximum absolute atomic E-state index is 12.9. The van der Waals surface area contributed by atoms with Crippen molar-refractivity contribution in [2.45, 2.75) is 71.1 Å². The van der Waals surface area contributed by atoms with Crippen LogP contribution in [0.15, 0.2) is 24.3 Å². The molecule has 1 aromatic rings. The number of piperidine rings is 1. The largest absolute Gasteiger partial charge is 0.379 e. The third-order valence-corrected chi connectivity index (χ3v) is 4.94. The van der Waals surface area contributed by atoms with E-state index in [1.54, 1.807) is 4.90 Å². The first kappa shape index (κ1) is 22.4. The molecule has 6 nitrogen and oxygen atoms in total. The SMILES string of the molecule is CC(C)c1ccc(CN2CCC[C@@](O)(CNCC(=O)NC(C)(C)C)C2=O)cc1. The van der Waals surface area contributed by atoms with Crippen LogP contribution in [0.1, 0.15) is 64.5 Å². The first-order chi connectivity index (χ1) is 13.0. The Balaban J connectivity index is 1.92. The van der Waals surface area contributed by atoms with Crippen molar-refractivity contribution in [1.29, 1.82) is 0 Å². The summed E-state index contributed by atoms with van der Waals surface area (Å²) in [6.45, 7) is 11.3. The molecule has 1 atom stereocenters. The van der Waals surface area contributed by atoms with Crippen LogP contribution in [0.5, 0.6) is 0 Å². The van der Waals surface area contributed by atoms with Crippen LogP contribution >= 0.6 is 0 Å². The molecule has 28 heavy (non-hydrogen) atoms. The van der Waals surface area contributed by atoms with E-state index in [4.69, 9.17) is 0 Å². The van der Waals surface area contributed by atoms with Crippen LogP contribution in [0, 0.1) is 0 Å². The minimum absolute atomic E-state index is 0.0729. The van der Waals surface area contributed by atoms with Gasteiger partial charge in [-0.3, -0.25) is 9.59 Å². The second kappa shape index (κ2) is 9.05. The van der Waals surface area contributed by atoms with Gasteiger partial charge in [0.15, 0.2) is 5.60 Å². The van der Waals surface area contributed by atoms with Crippen LogP contribution in [0.25, 0.3) is 0 Å². The highest BCUT2D eigenvalue weighted by atomic mass is 16.3. The molecule has 1 fully saturated rings. The summed E-state index contributed by atoms with van der Waals surface area (Å²) < 4.78 is 0. The molecule has 1 aliphatic heterocycles. The van der Waals surface area contributed by atoms with Gasteiger partial charge in [-0.1, -0.05) is 38.1 Å². The van der Waals surface area contributed by atoms with Gasteiger partial charge in [0, 0.05) is 25.2 Å². The van der Waals surface area contributed by atoms with Gasteiger partial charge in [-0.05, 0) is 50.7 Å². The molecule has 1 aliphatic rings. The number of hydrogen-bond donors (Lipinski definition) is 3.